The number of hydrogen-bond donors (Lipinski definition) is 0. The third kappa shape index (κ3) is 2.87. The average molecular weight is 382 g/mol. The molecule has 2 aliphatic heterocycles. The van der Waals surface area contributed by atoms with Gasteiger partial charge in [0.05, 0.1) is 0 Å². The number of fused-ring (bicyclic) bond motifs is 4. The Bertz CT molecular complexity index is 1050. The van der Waals surface area contributed by atoms with E-state index in [0.717, 1.165) is 28.5 Å². The first-order chi connectivity index (χ1) is 13.6. The highest BCUT2D eigenvalue weighted by Crippen LogP contribution is 2.37. The van der Waals surface area contributed by atoms with Crippen LogP contribution in [0.5, 0.6) is 23.0 Å². The molecule has 0 atom stereocenters. The minimum Gasteiger partial charge on any atom is -0.458 e. The third-order valence-electron chi connectivity index (χ3n) is 6.14. The van der Waals surface area contributed by atoms with Crippen molar-refractivity contribution in [2.24, 2.45) is 0 Å². The van der Waals surface area contributed by atoms with Crippen molar-refractivity contribution >= 4 is 23.1 Å². The molecule has 5 rings (SSSR count). The smallest absolute Gasteiger partial charge is 0.260 e. The van der Waals surface area contributed by atoms with Gasteiger partial charge >= 0.3 is 0 Å². The molecule has 0 unspecified atom stereocenters. The van der Waals surface area contributed by atoms with Gasteiger partial charge in [0.2, 0.25) is 0 Å². The van der Waals surface area contributed by atoms with E-state index in [0.29, 0.717) is 0 Å². The second-order valence-electron chi connectivity index (χ2n) is 10.3. The molecule has 0 N–H and O–H groups in total. The van der Waals surface area contributed by atoms with Crippen LogP contribution in [0.2, 0.25) is 0 Å². The lowest BCUT2D eigenvalue weighted by molar-refractivity contribution is 0.461. The van der Waals surface area contributed by atoms with Crippen LogP contribution in [0.1, 0.15) is 52.7 Å². The molecule has 0 amide bonds. The fourth-order valence-electron chi connectivity index (χ4n) is 4.36. The molecule has 3 aromatic rings. The van der Waals surface area contributed by atoms with Gasteiger partial charge in [0, 0.05) is 5.46 Å². The van der Waals surface area contributed by atoms with Gasteiger partial charge in [-0.05, 0) is 57.1 Å². The molecule has 3 heteroatoms. The molecule has 2 nitrogen and oxygen atoms in total. The van der Waals surface area contributed by atoms with Gasteiger partial charge in [-0.25, -0.2) is 0 Å². The molecule has 0 spiro atoms. The molecule has 29 heavy (non-hydrogen) atoms. The van der Waals surface area contributed by atoms with E-state index in [1.807, 2.05) is 6.07 Å². The maximum atomic E-state index is 6.37. The van der Waals surface area contributed by atoms with Crippen LogP contribution < -0.4 is 25.9 Å². The van der Waals surface area contributed by atoms with Gasteiger partial charge < -0.3 is 9.47 Å². The van der Waals surface area contributed by atoms with Gasteiger partial charge in [0.25, 0.3) is 6.71 Å². The number of ether oxygens (including phenoxy) is 2. The first-order valence-corrected chi connectivity index (χ1v) is 10.4. The lowest BCUT2D eigenvalue weighted by Gasteiger charge is -2.34. The van der Waals surface area contributed by atoms with Crippen LogP contribution in [0, 0.1) is 0 Å². The summed E-state index contributed by atoms with van der Waals surface area (Å²) < 4.78 is 12.7. The van der Waals surface area contributed by atoms with Crippen LogP contribution in [0.25, 0.3) is 0 Å². The van der Waals surface area contributed by atoms with E-state index in [-0.39, 0.29) is 17.5 Å². The first kappa shape index (κ1) is 18.4. The lowest BCUT2D eigenvalue weighted by atomic mass is 9.34. The highest BCUT2D eigenvalue weighted by atomic mass is 16.5. The molecule has 2 aliphatic rings. The maximum Gasteiger partial charge on any atom is 0.260 e. The van der Waals surface area contributed by atoms with Gasteiger partial charge in [-0.3, -0.25) is 0 Å². The number of hydrogen-bond acceptors (Lipinski definition) is 2. The highest BCUT2D eigenvalue weighted by Gasteiger charge is 2.40. The normalized spacial score (nSPS) is 14.3. The fraction of sp³-hybridized carbons (Fsp3) is 0.308. The second-order valence-corrected chi connectivity index (χ2v) is 10.3. The zero-order chi connectivity index (χ0) is 20.6. The Balaban J connectivity index is 1.73. The molecule has 0 saturated carbocycles. The lowest BCUT2D eigenvalue weighted by Crippen LogP contribution is -2.57. The predicted octanol–water partition coefficient (Wildman–Crippen LogP) is 5.01. The fourth-order valence-corrected chi connectivity index (χ4v) is 4.36. The van der Waals surface area contributed by atoms with Crippen molar-refractivity contribution in [2.75, 3.05) is 0 Å². The van der Waals surface area contributed by atoms with Gasteiger partial charge in [-0.2, -0.15) is 0 Å². The quantitative estimate of drug-likeness (QED) is 0.351. The van der Waals surface area contributed by atoms with E-state index < -0.39 is 0 Å². The summed E-state index contributed by atoms with van der Waals surface area (Å²) >= 11 is 0. The van der Waals surface area contributed by atoms with E-state index >= 15 is 0 Å². The van der Waals surface area contributed by atoms with E-state index in [1.165, 1.54) is 22.1 Å². The van der Waals surface area contributed by atoms with Crippen molar-refractivity contribution < 1.29 is 9.47 Å². The topological polar surface area (TPSA) is 18.5 Å². The molecule has 2 heterocycles. The molecular weight excluding hydrogens is 355 g/mol. The summed E-state index contributed by atoms with van der Waals surface area (Å²) in [5.74, 6) is 3.72. The molecular formula is C26H27BO2. The summed E-state index contributed by atoms with van der Waals surface area (Å²) in [6.45, 7) is 13.6. The summed E-state index contributed by atoms with van der Waals surface area (Å²) in [4.78, 5) is 0. The zero-order valence-corrected chi connectivity index (χ0v) is 18.1. The van der Waals surface area contributed by atoms with Crippen molar-refractivity contribution in [3.8, 4) is 23.0 Å². The van der Waals surface area contributed by atoms with Crippen LogP contribution in [0.15, 0.2) is 54.6 Å². The zero-order valence-electron chi connectivity index (χ0n) is 18.1. The van der Waals surface area contributed by atoms with Crippen LogP contribution in [-0.2, 0) is 10.8 Å². The molecule has 0 fully saturated rings. The maximum absolute atomic E-state index is 6.37. The van der Waals surface area contributed by atoms with E-state index in [1.54, 1.807) is 0 Å². The highest BCUT2D eigenvalue weighted by molar-refractivity contribution is 6.98. The molecule has 0 aromatic heterocycles. The van der Waals surface area contributed by atoms with Gasteiger partial charge in [0.1, 0.15) is 23.0 Å². The number of rotatable bonds is 0. The Morgan fingerprint density at radius 2 is 1.03 bits per heavy atom. The summed E-state index contributed by atoms with van der Waals surface area (Å²) in [6.07, 6.45) is 0. The van der Waals surface area contributed by atoms with Crippen molar-refractivity contribution in [3.63, 3.8) is 0 Å². The van der Waals surface area contributed by atoms with Crippen LogP contribution in [0.3, 0.4) is 0 Å². The molecule has 146 valence electrons. The molecule has 0 saturated heterocycles. The molecule has 3 aromatic carbocycles. The summed E-state index contributed by atoms with van der Waals surface area (Å²) in [6, 6.07) is 19.5. The first-order valence-electron chi connectivity index (χ1n) is 10.4. The monoisotopic (exact) mass is 382 g/mol. The van der Waals surface area contributed by atoms with Crippen LogP contribution >= 0.6 is 0 Å². The van der Waals surface area contributed by atoms with Crippen molar-refractivity contribution in [1.29, 1.82) is 0 Å². The Kier molecular flexibility index (Phi) is 3.75. The minimum atomic E-state index is 0.0791. The summed E-state index contributed by atoms with van der Waals surface area (Å²) in [7, 11) is 0. The van der Waals surface area contributed by atoms with Crippen LogP contribution in [-0.4, -0.2) is 6.71 Å². The molecule has 0 bridgehead atoms. The third-order valence-corrected chi connectivity index (χ3v) is 6.14. The van der Waals surface area contributed by atoms with Gasteiger partial charge in [-0.15, -0.1) is 0 Å². The van der Waals surface area contributed by atoms with Crippen molar-refractivity contribution in [3.05, 3.63) is 65.7 Å². The predicted molar refractivity (Wildman–Crippen MR) is 122 cm³/mol. The van der Waals surface area contributed by atoms with Gasteiger partial charge in [-0.1, -0.05) is 71.9 Å². The standard InChI is InChI=1S/C26H27BO2/c1-25(2,3)16-10-12-18-22(14-16)28-20-8-7-9-21-24(20)27(18)19-13-11-17(26(4,5)6)15-23(19)29-21/h7-15H,1-6H3. The Morgan fingerprint density at radius 3 is 1.45 bits per heavy atom. The SMILES string of the molecule is CC(C)(C)c1ccc2c(c1)Oc1cccc3c1B2c1ccc(C(C)(C)C)cc1O3. The Morgan fingerprint density at radius 1 is 0.586 bits per heavy atom. The molecule has 0 aliphatic carbocycles. The summed E-state index contributed by atoms with van der Waals surface area (Å²) in [5, 5.41) is 0. The average Bonchev–Trinajstić information content (AvgIpc) is 2.65. The largest absolute Gasteiger partial charge is 0.458 e. The number of benzene rings is 3. The van der Waals surface area contributed by atoms with E-state index in [9.17, 15) is 0 Å². The molecule has 0 radical (unpaired) electrons. The van der Waals surface area contributed by atoms with Gasteiger partial charge in [0.15, 0.2) is 0 Å². The van der Waals surface area contributed by atoms with Crippen molar-refractivity contribution in [1.82, 2.24) is 0 Å². The van der Waals surface area contributed by atoms with Crippen molar-refractivity contribution in [2.45, 2.75) is 52.4 Å². The Hall–Kier alpha value is -2.68. The van der Waals surface area contributed by atoms with E-state index in [2.05, 4.69) is 90.1 Å². The van der Waals surface area contributed by atoms with E-state index in [4.69, 9.17) is 9.47 Å². The minimum absolute atomic E-state index is 0.0791. The van der Waals surface area contributed by atoms with Crippen LogP contribution in [0.4, 0.5) is 0 Å². The Labute approximate surface area is 174 Å². The second kappa shape index (κ2) is 5.92. The summed E-state index contributed by atoms with van der Waals surface area (Å²) in [5.41, 5.74) is 6.29.